The van der Waals surface area contributed by atoms with Gasteiger partial charge in [0.1, 0.15) is 0 Å². The molecule has 3 nitrogen and oxygen atoms in total. The second-order valence-electron chi connectivity index (χ2n) is 7.22. The van der Waals surface area contributed by atoms with Gasteiger partial charge in [-0.1, -0.05) is 45.3 Å². The van der Waals surface area contributed by atoms with Crippen LogP contribution in [0.5, 0.6) is 0 Å². The van der Waals surface area contributed by atoms with E-state index in [1.54, 1.807) is 4.90 Å². The lowest BCUT2D eigenvalue weighted by atomic mass is 9.85. The van der Waals surface area contributed by atoms with Crippen LogP contribution in [0.15, 0.2) is 12.2 Å². The summed E-state index contributed by atoms with van der Waals surface area (Å²) in [7, 11) is 0. The number of carbonyl (C=O) groups excluding carboxylic acids is 2. The Bertz CT molecular complexity index is 426. The monoisotopic (exact) mass is 289 g/mol. The van der Waals surface area contributed by atoms with E-state index in [4.69, 9.17) is 0 Å². The van der Waals surface area contributed by atoms with Gasteiger partial charge in [0.25, 0.3) is 0 Å². The highest BCUT2D eigenvalue weighted by molar-refractivity contribution is 6.06. The Morgan fingerprint density at radius 1 is 1.10 bits per heavy atom. The summed E-state index contributed by atoms with van der Waals surface area (Å²) in [6, 6.07) is 0. The molecule has 0 aromatic rings. The molecule has 2 fully saturated rings. The van der Waals surface area contributed by atoms with Gasteiger partial charge in [0, 0.05) is 6.54 Å². The zero-order valence-corrected chi connectivity index (χ0v) is 13.3. The van der Waals surface area contributed by atoms with Crippen LogP contribution in [0, 0.1) is 29.6 Å². The lowest BCUT2D eigenvalue weighted by molar-refractivity contribution is -0.140. The molecule has 21 heavy (non-hydrogen) atoms. The molecule has 116 valence electrons. The summed E-state index contributed by atoms with van der Waals surface area (Å²) in [6.07, 6.45) is 11.2. The molecule has 0 aromatic carbocycles. The number of hydrogen-bond donors (Lipinski definition) is 0. The Morgan fingerprint density at radius 3 is 2.24 bits per heavy atom. The number of fused-ring (bicyclic) bond motifs is 5. The maximum absolute atomic E-state index is 12.5. The van der Waals surface area contributed by atoms with Gasteiger partial charge in [-0.3, -0.25) is 14.5 Å². The highest BCUT2D eigenvalue weighted by Gasteiger charge is 2.58. The second kappa shape index (κ2) is 5.94. The van der Waals surface area contributed by atoms with Gasteiger partial charge in [-0.05, 0) is 37.0 Å². The minimum absolute atomic E-state index is 0.0231. The van der Waals surface area contributed by atoms with E-state index in [-0.39, 0.29) is 23.7 Å². The van der Waals surface area contributed by atoms with Crippen LogP contribution in [0.25, 0.3) is 0 Å². The second-order valence-corrected chi connectivity index (χ2v) is 7.22. The Labute approximate surface area is 127 Å². The van der Waals surface area contributed by atoms with E-state index in [2.05, 4.69) is 26.0 Å². The number of amides is 2. The van der Waals surface area contributed by atoms with Crippen molar-refractivity contribution in [2.45, 2.75) is 52.4 Å². The molecule has 1 saturated heterocycles. The maximum atomic E-state index is 12.5. The van der Waals surface area contributed by atoms with Crippen molar-refractivity contribution < 1.29 is 9.59 Å². The topological polar surface area (TPSA) is 37.4 Å². The number of nitrogens with zero attached hydrogens (tertiary/aromatic N) is 1. The predicted octanol–water partition coefficient (Wildman–Crippen LogP) is 3.40. The summed E-state index contributed by atoms with van der Waals surface area (Å²) in [5.74, 6) is 1.56. The summed E-state index contributed by atoms with van der Waals surface area (Å²) in [4.78, 5) is 26.6. The van der Waals surface area contributed by atoms with Gasteiger partial charge in [0.05, 0.1) is 11.8 Å². The Kier molecular flexibility index (Phi) is 4.19. The summed E-state index contributed by atoms with van der Waals surface area (Å²) < 4.78 is 0. The van der Waals surface area contributed by atoms with Crippen molar-refractivity contribution in [3.8, 4) is 0 Å². The molecule has 5 atom stereocenters. The first-order chi connectivity index (χ1) is 10.1. The fourth-order valence-corrected chi connectivity index (χ4v) is 4.48. The molecule has 1 heterocycles. The zero-order chi connectivity index (χ0) is 15.0. The highest BCUT2D eigenvalue weighted by atomic mass is 16.2. The van der Waals surface area contributed by atoms with E-state index in [9.17, 15) is 9.59 Å². The number of likely N-dealkylation sites (tertiary alicyclic amines) is 1. The molecule has 1 aliphatic heterocycles. The first kappa shape index (κ1) is 14.8. The van der Waals surface area contributed by atoms with Crippen molar-refractivity contribution in [1.82, 2.24) is 4.90 Å². The molecular formula is C18H27NO2. The molecule has 3 rings (SSSR count). The van der Waals surface area contributed by atoms with Crippen LogP contribution < -0.4 is 0 Å². The number of carbonyl (C=O) groups is 2. The lowest BCUT2D eigenvalue weighted by Crippen LogP contribution is -2.34. The van der Waals surface area contributed by atoms with Gasteiger partial charge < -0.3 is 0 Å². The van der Waals surface area contributed by atoms with E-state index < -0.39 is 0 Å². The molecule has 3 aliphatic rings. The van der Waals surface area contributed by atoms with Gasteiger partial charge in [0.15, 0.2) is 0 Å². The van der Waals surface area contributed by atoms with E-state index in [1.165, 1.54) is 19.3 Å². The third kappa shape index (κ3) is 2.56. The Balaban J connectivity index is 1.51. The predicted molar refractivity (Wildman–Crippen MR) is 82.4 cm³/mol. The van der Waals surface area contributed by atoms with Crippen molar-refractivity contribution in [3.05, 3.63) is 12.2 Å². The molecule has 2 amide bonds. The van der Waals surface area contributed by atoms with Gasteiger partial charge in [-0.25, -0.2) is 0 Å². The summed E-state index contributed by atoms with van der Waals surface area (Å²) in [6.45, 7) is 5.14. The Hall–Kier alpha value is -1.12. The third-order valence-electron chi connectivity index (χ3n) is 5.69. The molecule has 0 aromatic heterocycles. The van der Waals surface area contributed by atoms with Crippen LogP contribution >= 0.6 is 0 Å². The number of hydrogen-bond acceptors (Lipinski definition) is 2. The van der Waals surface area contributed by atoms with Crippen molar-refractivity contribution in [3.63, 3.8) is 0 Å². The maximum Gasteiger partial charge on any atom is 0.233 e. The van der Waals surface area contributed by atoms with Crippen LogP contribution in [0.3, 0.4) is 0 Å². The molecule has 0 spiro atoms. The molecular weight excluding hydrogens is 262 g/mol. The first-order valence-corrected chi connectivity index (χ1v) is 8.67. The van der Waals surface area contributed by atoms with Crippen LogP contribution in [-0.2, 0) is 9.59 Å². The molecule has 5 unspecified atom stereocenters. The normalized spacial score (nSPS) is 34.9. The van der Waals surface area contributed by atoms with Crippen LogP contribution in [0.4, 0.5) is 0 Å². The summed E-state index contributed by atoms with van der Waals surface area (Å²) in [5, 5.41) is 0. The number of allylic oxidation sites excluding steroid dienone is 2. The van der Waals surface area contributed by atoms with E-state index in [1.807, 2.05) is 0 Å². The number of imide groups is 1. The van der Waals surface area contributed by atoms with Gasteiger partial charge in [-0.2, -0.15) is 0 Å². The van der Waals surface area contributed by atoms with Crippen molar-refractivity contribution in [2.75, 3.05) is 6.54 Å². The van der Waals surface area contributed by atoms with Gasteiger partial charge in [0.2, 0.25) is 11.8 Å². The first-order valence-electron chi connectivity index (χ1n) is 8.67. The number of unbranched alkanes of at least 4 members (excludes halogenated alkanes) is 1. The standard InChI is InChI=1S/C18H27NO2/c1-3-4-6-12(2)7-5-10-19-17(20)15-13-8-9-14(11-13)16(15)18(19)21/h8-9,12-16H,3-7,10-11H2,1-2H3. The quantitative estimate of drug-likeness (QED) is 0.532. The minimum atomic E-state index is -0.0231. The Morgan fingerprint density at radius 2 is 1.67 bits per heavy atom. The van der Waals surface area contributed by atoms with Crippen molar-refractivity contribution in [1.29, 1.82) is 0 Å². The summed E-state index contributed by atoms with van der Waals surface area (Å²) in [5.41, 5.74) is 0. The van der Waals surface area contributed by atoms with E-state index in [0.717, 1.165) is 19.3 Å². The highest BCUT2D eigenvalue weighted by Crippen LogP contribution is 2.52. The van der Waals surface area contributed by atoms with Gasteiger partial charge >= 0.3 is 0 Å². The molecule has 2 aliphatic carbocycles. The average molecular weight is 289 g/mol. The molecule has 3 heteroatoms. The lowest BCUT2D eigenvalue weighted by Gasteiger charge is -2.18. The SMILES string of the molecule is CCCCC(C)CCCN1C(=O)C2C3C=CC(C3)C2C1=O. The average Bonchev–Trinajstić information content (AvgIpc) is 3.14. The largest absolute Gasteiger partial charge is 0.282 e. The smallest absolute Gasteiger partial charge is 0.233 e. The van der Waals surface area contributed by atoms with Crippen LogP contribution in [0.1, 0.15) is 52.4 Å². The molecule has 0 N–H and O–H groups in total. The third-order valence-corrected chi connectivity index (χ3v) is 5.69. The number of rotatable bonds is 7. The van der Waals surface area contributed by atoms with Crippen LogP contribution in [-0.4, -0.2) is 23.3 Å². The molecule has 0 radical (unpaired) electrons. The summed E-state index contributed by atoms with van der Waals surface area (Å²) >= 11 is 0. The van der Waals surface area contributed by atoms with Gasteiger partial charge in [-0.15, -0.1) is 0 Å². The van der Waals surface area contributed by atoms with E-state index in [0.29, 0.717) is 24.3 Å². The zero-order valence-electron chi connectivity index (χ0n) is 13.3. The van der Waals surface area contributed by atoms with Crippen LogP contribution in [0.2, 0.25) is 0 Å². The fraction of sp³-hybridized carbons (Fsp3) is 0.778. The fourth-order valence-electron chi connectivity index (χ4n) is 4.48. The van der Waals surface area contributed by atoms with Crippen molar-refractivity contribution in [2.24, 2.45) is 29.6 Å². The molecule has 2 bridgehead atoms. The molecule has 1 saturated carbocycles. The van der Waals surface area contributed by atoms with E-state index >= 15 is 0 Å². The van der Waals surface area contributed by atoms with Crippen molar-refractivity contribution >= 4 is 11.8 Å². The minimum Gasteiger partial charge on any atom is -0.282 e.